The maximum absolute atomic E-state index is 12.7. The molecule has 1 heterocycles. The van der Waals surface area contributed by atoms with Gasteiger partial charge in [0.05, 0.1) is 18.8 Å². The van der Waals surface area contributed by atoms with Gasteiger partial charge < -0.3 is 25.2 Å². The summed E-state index contributed by atoms with van der Waals surface area (Å²) < 4.78 is 13.3. The standard InChI is InChI=1S/C40H41N3O4/c44-29-33-19-21-34(22-20-33)38-24-37(28-43(26-31-13-6-2-7-14-31)27-32-15-8-3-9-16-32)46-39(47-38)35-17-10-18-36(23-35)42-40(45)41-25-30-11-4-1-5-12-30/h1-23,37-39,44H,24-29H2,(H2,41,42,45)/t37-,38+,39+/m1/s1. The predicted molar refractivity (Wildman–Crippen MR) is 184 cm³/mol. The number of nitrogens with one attached hydrogen (secondary N) is 2. The van der Waals surface area contributed by atoms with Gasteiger partial charge in [-0.3, -0.25) is 4.90 Å². The molecule has 3 N–H and O–H groups in total. The number of urea groups is 1. The van der Waals surface area contributed by atoms with Gasteiger partial charge in [0.1, 0.15) is 0 Å². The highest BCUT2D eigenvalue weighted by molar-refractivity contribution is 5.89. The van der Waals surface area contributed by atoms with Gasteiger partial charge in [-0.05, 0) is 39.9 Å². The Balaban J connectivity index is 1.21. The molecule has 0 aromatic heterocycles. The zero-order chi connectivity index (χ0) is 32.3. The van der Waals surface area contributed by atoms with Gasteiger partial charge in [0.25, 0.3) is 0 Å². The van der Waals surface area contributed by atoms with E-state index in [9.17, 15) is 9.90 Å². The van der Waals surface area contributed by atoms with E-state index in [1.54, 1.807) is 0 Å². The van der Waals surface area contributed by atoms with Gasteiger partial charge in [-0.1, -0.05) is 127 Å². The summed E-state index contributed by atoms with van der Waals surface area (Å²) in [4.78, 5) is 15.2. The quantitative estimate of drug-likeness (QED) is 0.132. The topological polar surface area (TPSA) is 83.1 Å². The lowest BCUT2D eigenvalue weighted by Gasteiger charge is -2.38. The molecule has 1 fully saturated rings. The van der Waals surface area contributed by atoms with Crippen molar-refractivity contribution in [3.63, 3.8) is 0 Å². The van der Waals surface area contributed by atoms with Crippen LogP contribution >= 0.6 is 0 Å². The lowest BCUT2D eigenvalue weighted by molar-refractivity contribution is -0.253. The van der Waals surface area contributed by atoms with Gasteiger partial charge in [-0.2, -0.15) is 0 Å². The highest BCUT2D eigenvalue weighted by Crippen LogP contribution is 2.39. The first-order chi connectivity index (χ1) is 23.1. The van der Waals surface area contributed by atoms with Gasteiger partial charge >= 0.3 is 6.03 Å². The minimum Gasteiger partial charge on any atom is -0.392 e. The third kappa shape index (κ3) is 9.37. The fourth-order valence-corrected chi connectivity index (χ4v) is 5.91. The molecule has 1 aliphatic heterocycles. The molecule has 47 heavy (non-hydrogen) atoms. The van der Waals surface area contributed by atoms with E-state index in [-0.39, 0.29) is 24.8 Å². The second kappa shape index (κ2) is 16.2. The molecule has 2 amide bonds. The first-order valence-electron chi connectivity index (χ1n) is 16.1. The number of carbonyl (C=O) groups excluding carboxylic acids is 1. The Morgan fingerprint density at radius 1 is 0.681 bits per heavy atom. The van der Waals surface area contributed by atoms with Gasteiger partial charge in [0, 0.05) is 43.9 Å². The van der Waals surface area contributed by atoms with Gasteiger partial charge in [0.2, 0.25) is 0 Å². The highest BCUT2D eigenvalue weighted by atomic mass is 16.7. The molecule has 1 saturated heterocycles. The van der Waals surface area contributed by atoms with Crippen molar-refractivity contribution in [2.45, 2.75) is 51.2 Å². The summed E-state index contributed by atoms with van der Waals surface area (Å²) in [5, 5.41) is 15.5. The van der Waals surface area contributed by atoms with E-state index in [0.29, 0.717) is 25.2 Å². The number of aliphatic hydroxyl groups is 1. The lowest BCUT2D eigenvalue weighted by atomic mass is 9.99. The van der Waals surface area contributed by atoms with Crippen LogP contribution in [-0.4, -0.2) is 28.7 Å². The summed E-state index contributed by atoms with van der Waals surface area (Å²) in [5.74, 6) is 0. The average Bonchev–Trinajstić information content (AvgIpc) is 3.12. The molecule has 5 aromatic carbocycles. The smallest absolute Gasteiger partial charge is 0.319 e. The SMILES string of the molecule is O=C(NCc1ccccc1)Nc1cccc([C@H]2O[C@@H](CN(Cc3ccccc3)Cc3ccccc3)C[C@@H](c3ccc(CO)cc3)O2)c1. The van der Waals surface area contributed by atoms with E-state index in [1.165, 1.54) is 11.1 Å². The summed E-state index contributed by atoms with van der Waals surface area (Å²) in [7, 11) is 0. The number of amides is 2. The molecule has 0 radical (unpaired) electrons. The van der Waals surface area contributed by atoms with Crippen molar-refractivity contribution < 1.29 is 19.4 Å². The lowest BCUT2D eigenvalue weighted by Crippen LogP contribution is -2.39. The molecular formula is C40H41N3O4. The number of anilines is 1. The third-order valence-corrected chi connectivity index (χ3v) is 8.29. The number of ether oxygens (including phenoxy) is 2. The van der Waals surface area contributed by atoms with Crippen LogP contribution in [0.2, 0.25) is 0 Å². The fraction of sp³-hybridized carbons (Fsp3) is 0.225. The van der Waals surface area contributed by atoms with Crippen LogP contribution in [0.3, 0.4) is 0 Å². The molecule has 3 atom stereocenters. The van der Waals surface area contributed by atoms with E-state index in [1.807, 2.05) is 91.0 Å². The Morgan fingerprint density at radius 3 is 1.91 bits per heavy atom. The molecule has 0 saturated carbocycles. The summed E-state index contributed by atoms with van der Waals surface area (Å²) in [6.07, 6.45) is -0.308. The second-order valence-corrected chi connectivity index (χ2v) is 11.9. The Hall–Kier alpha value is -4.79. The number of hydrogen-bond acceptors (Lipinski definition) is 5. The Labute approximate surface area is 276 Å². The number of benzene rings is 5. The molecule has 7 nitrogen and oxygen atoms in total. The minimum atomic E-state index is -0.638. The van der Waals surface area contributed by atoms with Crippen molar-refractivity contribution in [1.82, 2.24) is 10.2 Å². The van der Waals surface area contributed by atoms with Crippen LogP contribution in [0, 0.1) is 0 Å². The molecule has 0 spiro atoms. The largest absolute Gasteiger partial charge is 0.392 e. The Bertz CT molecular complexity index is 1640. The van der Waals surface area contributed by atoms with Crippen LogP contribution in [-0.2, 0) is 35.7 Å². The maximum atomic E-state index is 12.7. The van der Waals surface area contributed by atoms with Crippen LogP contribution < -0.4 is 10.6 Å². The molecule has 0 bridgehead atoms. The van der Waals surface area contributed by atoms with Gasteiger partial charge in [-0.15, -0.1) is 0 Å². The number of aliphatic hydroxyl groups excluding tert-OH is 1. The first-order valence-corrected chi connectivity index (χ1v) is 16.1. The second-order valence-electron chi connectivity index (χ2n) is 11.9. The fourth-order valence-electron chi connectivity index (χ4n) is 5.91. The zero-order valence-electron chi connectivity index (χ0n) is 26.4. The van der Waals surface area contributed by atoms with E-state index < -0.39 is 6.29 Å². The number of nitrogens with zero attached hydrogens (tertiary/aromatic N) is 1. The van der Waals surface area contributed by atoms with E-state index in [0.717, 1.165) is 35.3 Å². The van der Waals surface area contributed by atoms with Gasteiger partial charge in [-0.25, -0.2) is 4.79 Å². The summed E-state index contributed by atoms with van der Waals surface area (Å²) >= 11 is 0. The number of hydrogen-bond donors (Lipinski definition) is 3. The van der Waals surface area contributed by atoms with Crippen LogP contribution in [0.25, 0.3) is 0 Å². The van der Waals surface area contributed by atoms with E-state index in [2.05, 4.69) is 64.1 Å². The normalized spacial score (nSPS) is 17.7. The van der Waals surface area contributed by atoms with Crippen LogP contribution in [0.1, 0.15) is 52.2 Å². The zero-order valence-corrected chi connectivity index (χ0v) is 26.4. The average molecular weight is 628 g/mol. The summed E-state index contributed by atoms with van der Waals surface area (Å²) in [5.41, 5.74) is 6.88. The predicted octanol–water partition coefficient (Wildman–Crippen LogP) is 7.75. The highest BCUT2D eigenvalue weighted by Gasteiger charge is 2.33. The number of carbonyl (C=O) groups is 1. The summed E-state index contributed by atoms with van der Waals surface area (Å²) in [6.45, 7) is 2.70. The maximum Gasteiger partial charge on any atom is 0.319 e. The first kappa shape index (κ1) is 32.2. The Morgan fingerprint density at radius 2 is 1.30 bits per heavy atom. The number of rotatable bonds is 12. The molecule has 7 heteroatoms. The Kier molecular flexibility index (Phi) is 11.1. The van der Waals surface area contributed by atoms with E-state index in [4.69, 9.17) is 9.47 Å². The monoisotopic (exact) mass is 627 g/mol. The van der Waals surface area contributed by atoms with Crippen LogP contribution in [0.15, 0.2) is 140 Å². The van der Waals surface area contributed by atoms with E-state index >= 15 is 0 Å². The molecule has 1 aliphatic rings. The van der Waals surface area contributed by atoms with Crippen molar-refractivity contribution in [3.05, 3.63) is 173 Å². The molecule has 0 unspecified atom stereocenters. The van der Waals surface area contributed by atoms with Crippen LogP contribution in [0.4, 0.5) is 10.5 Å². The summed E-state index contributed by atoms with van der Waals surface area (Å²) in [6, 6.07) is 46.1. The molecular weight excluding hydrogens is 586 g/mol. The van der Waals surface area contributed by atoms with Crippen molar-refractivity contribution in [2.75, 3.05) is 11.9 Å². The molecule has 0 aliphatic carbocycles. The van der Waals surface area contributed by atoms with Crippen molar-refractivity contribution in [2.24, 2.45) is 0 Å². The molecule has 240 valence electrons. The minimum absolute atomic E-state index is 0.00713. The van der Waals surface area contributed by atoms with Crippen molar-refractivity contribution in [1.29, 1.82) is 0 Å². The van der Waals surface area contributed by atoms with Crippen LogP contribution in [0.5, 0.6) is 0 Å². The van der Waals surface area contributed by atoms with Crippen molar-refractivity contribution >= 4 is 11.7 Å². The van der Waals surface area contributed by atoms with Gasteiger partial charge in [0.15, 0.2) is 6.29 Å². The third-order valence-electron chi connectivity index (χ3n) is 8.29. The molecule has 5 aromatic rings. The molecule has 6 rings (SSSR count). The van der Waals surface area contributed by atoms with Crippen molar-refractivity contribution in [3.8, 4) is 0 Å².